The van der Waals surface area contributed by atoms with Crippen LogP contribution in [0.25, 0.3) is 0 Å². The maximum atomic E-state index is 12.2. The number of nitrogens with one attached hydrogen (secondary N) is 2. The molecule has 1 saturated heterocycles. The molecule has 146 valence electrons. The lowest BCUT2D eigenvalue weighted by Gasteiger charge is -2.28. The SMILES string of the molecule is Cl.O=C(CC1CCC(c2ccccc2)CC1)NCCCN1CCNCC1. The molecule has 5 heteroatoms. The Balaban J connectivity index is 0.00000243. The molecule has 0 bridgehead atoms. The first-order valence-corrected chi connectivity index (χ1v) is 10.1. The average molecular weight is 380 g/mol. The number of halogens is 1. The predicted octanol–water partition coefficient (Wildman–Crippen LogP) is 3.18. The molecule has 1 aliphatic carbocycles. The second-order valence-corrected chi connectivity index (χ2v) is 7.63. The fourth-order valence-corrected chi connectivity index (χ4v) is 4.22. The summed E-state index contributed by atoms with van der Waals surface area (Å²) >= 11 is 0. The van der Waals surface area contributed by atoms with Crippen molar-refractivity contribution in [2.45, 2.75) is 44.4 Å². The van der Waals surface area contributed by atoms with Crippen LogP contribution < -0.4 is 10.6 Å². The van der Waals surface area contributed by atoms with E-state index in [0.717, 1.165) is 52.1 Å². The summed E-state index contributed by atoms with van der Waals surface area (Å²) in [6.45, 7) is 6.39. The van der Waals surface area contributed by atoms with Crippen LogP contribution in [-0.2, 0) is 4.79 Å². The van der Waals surface area contributed by atoms with Crippen LogP contribution >= 0.6 is 12.4 Å². The Morgan fingerprint density at radius 1 is 1.08 bits per heavy atom. The van der Waals surface area contributed by atoms with Crippen molar-refractivity contribution < 1.29 is 4.79 Å². The number of carbonyl (C=O) groups excluding carboxylic acids is 1. The minimum atomic E-state index is 0. The molecule has 2 N–H and O–H groups in total. The Morgan fingerprint density at radius 2 is 1.77 bits per heavy atom. The van der Waals surface area contributed by atoms with Gasteiger partial charge in [-0.05, 0) is 56.0 Å². The molecule has 0 unspecified atom stereocenters. The first kappa shape index (κ1) is 21.2. The highest BCUT2D eigenvalue weighted by Crippen LogP contribution is 2.36. The number of hydrogen-bond acceptors (Lipinski definition) is 3. The molecule has 2 fully saturated rings. The zero-order chi connectivity index (χ0) is 17.3. The molecule has 0 spiro atoms. The molecule has 1 aromatic carbocycles. The summed E-state index contributed by atoms with van der Waals surface area (Å²) in [5.74, 6) is 1.52. The second-order valence-electron chi connectivity index (χ2n) is 7.63. The van der Waals surface area contributed by atoms with Gasteiger partial charge in [0.2, 0.25) is 5.91 Å². The molecule has 4 nitrogen and oxygen atoms in total. The van der Waals surface area contributed by atoms with Gasteiger partial charge in [-0.1, -0.05) is 30.3 Å². The van der Waals surface area contributed by atoms with E-state index in [2.05, 4.69) is 45.9 Å². The van der Waals surface area contributed by atoms with Crippen LogP contribution in [0.15, 0.2) is 30.3 Å². The summed E-state index contributed by atoms with van der Waals surface area (Å²) in [6.07, 6.45) is 6.61. The van der Waals surface area contributed by atoms with Gasteiger partial charge >= 0.3 is 0 Å². The van der Waals surface area contributed by atoms with E-state index in [0.29, 0.717) is 11.8 Å². The van der Waals surface area contributed by atoms with Crippen molar-refractivity contribution in [3.8, 4) is 0 Å². The molecule has 1 amide bonds. The van der Waals surface area contributed by atoms with E-state index >= 15 is 0 Å². The molecule has 2 aliphatic rings. The number of rotatable bonds is 7. The number of amides is 1. The van der Waals surface area contributed by atoms with Gasteiger partial charge in [0.25, 0.3) is 0 Å². The molecule has 26 heavy (non-hydrogen) atoms. The minimum absolute atomic E-state index is 0. The van der Waals surface area contributed by atoms with Crippen LogP contribution in [0, 0.1) is 5.92 Å². The first-order valence-electron chi connectivity index (χ1n) is 10.1. The molecule has 1 aliphatic heterocycles. The summed E-state index contributed by atoms with van der Waals surface area (Å²) in [6, 6.07) is 10.8. The van der Waals surface area contributed by atoms with Crippen LogP contribution in [0.3, 0.4) is 0 Å². The predicted molar refractivity (Wildman–Crippen MR) is 110 cm³/mol. The quantitative estimate of drug-likeness (QED) is 0.715. The summed E-state index contributed by atoms with van der Waals surface area (Å²) in [5, 5.41) is 6.50. The highest BCUT2D eigenvalue weighted by molar-refractivity contribution is 5.85. The van der Waals surface area contributed by atoms with E-state index in [9.17, 15) is 4.79 Å². The van der Waals surface area contributed by atoms with Gasteiger partial charge in [0.15, 0.2) is 0 Å². The van der Waals surface area contributed by atoms with Gasteiger partial charge in [-0.3, -0.25) is 4.79 Å². The fraction of sp³-hybridized carbons (Fsp3) is 0.667. The van der Waals surface area contributed by atoms with E-state index in [1.54, 1.807) is 0 Å². The Labute approximate surface area is 164 Å². The molecular weight excluding hydrogens is 346 g/mol. The minimum Gasteiger partial charge on any atom is -0.356 e. The Hall–Kier alpha value is -1.10. The molecule has 3 rings (SSSR count). The summed E-state index contributed by atoms with van der Waals surface area (Å²) < 4.78 is 0. The molecule has 1 heterocycles. The van der Waals surface area contributed by atoms with Gasteiger partial charge in [-0.15, -0.1) is 12.4 Å². The smallest absolute Gasteiger partial charge is 0.220 e. The van der Waals surface area contributed by atoms with Crippen molar-refractivity contribution in [3.05, 3.63) is 35.9 Å². The number of hydrogen-bond donors (Lipinski definition) is 2. The Bertz CT molecular complexity index is 511. The van der Waals surface area contributed by atoms with E-state index in [4.69, 9.17) is 0 Å². The van der Waals surface area contributed by atoms with Crippen LogP contribution in [0.5, 0.6) is 0 Å². The van der Waals surface area contributed by atoms with Gasteiger partial charge in [0.05, 0.1) is 0 Å². The standard InChI is InChI=1S/C21H33N3O.ClH/c25-21(23-11-4-14-24-15-12-22-13-16-24)17-18-7-9-20(10-8-18)19-5-2-1-3-6-19;/h1-3,5-6,18,20,22H,4,7-17H2,(H,23,25);1H. The molecule has 0 aromatic heterocycles. The lowest BCUT2D eigenvalue weighted by Crippen LogP contribution is -2.44. The Kier molecular flexibility index (Phi) is 9.44. The zero-order valence-electron chi connectivity index (χ0n) is 15.8. The van der Waals surface area contributed by atoms with Gasteiger partial charge < -0.3 is 15.5 Å². The zero-order valence-corrected chi connectivity index (χ0v) is 16.6. The van der Waals surface area contributed by atoms with Crippen LogP contribution in [0.2, 0.25) is 0 Å². The van der Waals surface area contributed by atoms with E-state index < -0.39 is 0 Å². The van der Waals surface area contributed by atoms with Crippen molar-refractivity contribution in [2.24, 2.45) is 5.92 Å². The van der Waals surface area contributed by atoms with E-state index in [1.807, 2.05) is 0 Å². The molecule has 0 radical (unpaired) electrons. The van der Waals surface area contributed by atoms with Crippen molar-refractivity contribution >= 4 is 18.3 Å². The van der Waals surface area contributed by atoms with Crippen molar-refractivity contribution in [3.63, 3.8) is 0 Å². The van der Waals surface area contributed by atoms with Crippen molar-refractivity contribution in [1.82, 2.24) is 15.5 Å². The highest BCUT2D eigenvalue weighted by Gasteiger charge is 2.23. The van der Waals surface area contributed by atoms with Crippen molar-refractivity contribution in [2.75, 3.05) is 39.3 Å². The van der Waals surface area contributed by atoms with Crippen LogP contribution in [0.1, 0.15) is 50.0 Å². The number of nitrogens with zero attached hydrogens (tertiary/aromatic N) is 1. The van der Waals surface area contributed by atoms with E-state index in [-0.39, 0.29) is 18.3 Å². The van der Waals surface area contributed by atoms with E-state index in [1.165, 1.54) is 31.2 Å². The lowest BCUT2D eigenvalue weighted by molar-refractivity contribution is -0.122. The number of carbonyl (C=O) groups is 1. The van der Waals surface area contributed by atoms with Gasteiger partial charge in [-0.25, -0.2) is 0 Å². The maximum Gasteiger partial charge on any atom is 0.220 e. The average Bonchev–Trinajstić information content (AvgIpc) is 2.67. The third kappa shape index (κ3) is 6.90. The summed E-state index contributed by atoms with van der Waals surface area (Å²) in [5.41, 5.74) is 1.47. The largest absolute Gasteiger partial charge is 0.356 e. The monoisotopic (exact) mass is 379 g/mol. The van der Waals surface area contributed by atoms with Crippen LogP contribution in [0.4, 0.5) is 0 Å². The number of benzene rings is 1. The molecule has 1 saturated carbocycles. The third-order valence-electron chi connectivity index (χ3n) is 5.77. The second kappa shape index (κ2) is 11.6. The van der Waals surface area contributed by atoms with Gasteiger partial charge in [0.1, 0.15) is 0 Å². The summed E-state index contributed by atoms with van der Waals surface area (Å²) in [4.78, 5) is 14.7. The fourth-order valence-electron chi connectivity index (χ4n) is 4.22. The lowest BCUT2D eigenvalue weighted by atomic mass is 9.77. The Morgan fingerprint density at radius 3 is 2.46 bits per heavy atom. The number of piperazine rings is 1. The highest BCUT2D eigenvalue weighted by atomic mass is 35.5. The topological polar surface area (TPSA) is 44.4 Å². The molecule has 1 aromatic rings. The van der Waals surface area contributed by atoms with Gasteiger partial charge in [0, 0.05) is 39.1 Å². The molecule has 0 atom stereocenters. The van der Waals surface area contributed by atoms with Gasteiger partial charge in [-0.2, -0.15) is 0 Å². The normalized spacial score (nSPS) is 23.8. The third-order valence-corrected chi connectivity index (χ3v) is 5.77. The van der Waals surface area contributed by atoms with Crippen molar-refractivity contribution in [1.29, 1.82) is 0 Å². The maximum absolute atomic E-state index is 12.2. The first-order chi connectivity index (χ1) is 12.3. The molecular formula is C21H34ClN3O. The van der Waals surface area contributed by atoms with Crippen LogP contribution in [-0.4, -0.2) is 50.1 Å². The summed E-state index contributed by atoms with van der Waals surface area (Å²) in [7, 11) is 0.